The molecule has 114 valence electrons. The van der Waals surface area contributed by atoms with Crippen molar-refractivity contribution in [2.24, 2.45) is 10.7 Å². The summed E-state index contributed by atoms with van der Waals surface area (Å²) in [5.74, 6) is 5.59. The number of nitrogens with two attached hydrogens (primary N) is 1. The minimum Gasteiger partial charge on any atom is -0.493 e. The number of nitrogens with one attached hydrogen (secondary N) is 1. The van der Waals surface area contributed by atoms with E-state index in [1.807, 2.05) is 18.2 Å². The van der Waals surface area contributed by atoms with Crippen LogP contribution in [-0.2, 0) is 0 Å². The second-order valence-corrected chi connectivity index (χ2v) is 5.50. The summed E-state index contributed by atoms with van der Waals surface area (Å²) in [6.07, 6.45) is 6.07. The smallest absolute Gasteiger partial charge is 0.189 e. The highest BCUT2D eigenvalue weighted by atomic mass is 127. The largest absolute Gasteiger partial charge is 0.493 e. The Kier molecular flexibility index (Phi) is 8.38. The maximum atomic E-state index is 5.92. The van der Waals surface area contributed by atoms with Crippen molar-refractivity contribution < 1.29 is 4.74 Å². The fraction of sp³-hybridized carbons (Fsp3) is 0.400. The van der Waals surface area contributed by atoms with E-state index in [1.165, 1.54) is 0 Å². The van der Waals surface area contributed by atoms with Gasteiger partial charge < -0.3 is 15.8 Å². The molecule has 1 heterocycles. The highest BCUT2D eigenvalue weighted by molar-refractivity contribution is 14.0. The monoisotopic (exact) mass is 417 g/mol. The Morgan fingerprint density at radius 1 is 1.52 bits per heavy atom. The molecule has 1 aliphatic heterocycles. The third kappa shape index (κ3) is 5.67. The average Bonchev–Trinajstić information content (AvgIpc) is 2.47. The fourth-order valence-corrected chi connectivity index (χ4v) is 2.56. The number of benzene rings is 1. The molecule has 0 saturated carbocycles. The van der Waals surface area contributed by atoms with Gasteiger partial charge in [0.2, 0.25) is 0 Å². The van der Waals surface area contributed by atoms with Gasteiger partial charge in [0.15, 0.2) is 5.96 Å². The van der Waals surface area contributed by atoms with Crippen LogP contribution < -0.4 is 15.8 Å². The van der Waals surface area contributed by atoms with Crippen LogP contribution in [-0.4, -0.2) is 30.6 Å². The van der Waals surface area contributed by atoms with Crippen LogP contribution in [0.1, 0.15) is 18.0 Å². The van der Waals surface area contributed by atoms with Crippen molar-refractivity contribution in [2.75, 3.05) is 24.7 Å². The standard InChI is InChI=1S/C15H19N3OS.HI/c1-2-10-20-11-8-17-15(16)18-13-7-9-19-14-6-4-3-5-12(13)14;/h1,3-6,13H,7-11H2,(H3,16,17,18);1H. The second kappa shape index (κ2) is 9.79. The molecule has 0 saturated heterocycles. The number of hydrogen-bond acceptors (Lipinski definition) is 3. The number of aliphatic imine (C=N–C) groups is 1. The zero-order valence-electron chi connectivity index (χ0n) is 11.7. The lowest BCUT2D eigenvalue weighted by Crippen LogP contribution is -2.37. The Labute approximate surface area is 147 Å². The Morgan fingerprint density at radius 3 is 3.14 bits per heavy atom. The second-order valence-electron chi connectivity index (χ2n) is 4.40. The first-order valence-electron chi connectivity index (χ1n) is 6.60. The molecule has 1 aromatic rings. The van der Waals surface area contributed by atoms with Crippen molar-refractivity contribution in [1.82, 2.24) is 5.32 Å². The zero-order chi connectivity index (χ0) is 14.2. The van der Waals surface area contributed by atoms with Crippen molar-refractivity contribution in [3.05, 3.63) is 29.8 Å². The van der Waals surface area contributed by atoms with Gasteiger partial charge in [-0.2, -0.15) is 0 Å². The molecule has 1 aromatic carbocycles. The summed E-state index contributed by atoms with van der Waals surface area (Å²) in [5, 5.41) is 3.26. The summed E-state index contributed by atoms with van der Waals surface area (Å²) in [5.41, 5.74) is 7.06. The topological polar surface area (TPSA) is 59.6 Å². The SMILES string of the molecule is C#CCSCCN=C(N)NC1CCOc2ccccc21.I. The van der Waals surface area contributed by atoms with E-state index in [9.17, 15) is 0 Å². The summed E-state index contributed by atoms with van der Waals surface area (Å²) in [7, 11) is 0. The maximum absolute atomic E-state index is 5.92. The normalized spacial score (nSPS) is 16.9. The van der Waals surface area contributed by atoms with Gasteiger partial charge in [-0.1, -0.05) is 24.1 Å². The van der Waals surface area contributed by atoms with Crippen LogP contribution in [0.5, 0.6) is 5.75 Å². The van der Waals surface area contributed by atoms with Crippen molar-refractivity contribution >= 4 is 41.7 Å². The van der Waals surface area contributed by atoms with E-state index in [2.05, 4.69) is 22.3 Å². The van der Waals surface area contributed by atoms with E-state index >= 15 is 0 Å². The highest BCUT2D eigenvalue weighted by Crippen LogP contribution is 2.31. The fourth-order valence-electron chi connectivity index (χ4n) is 2.08. The van der Waals surface area contributed by atoms with Crippen LogP contribution in [0.15, 0.2) is 29.3 Å². The first kappa shape index (κ1) is 18.0. The third-order valence-electron chi connectivity index (χ3n) is 2.98. The molecule has 4 nitrogen and oxygen atoms in total. The molecule has 0 radical (unpaired) electrons. The summed E-state index contributed by atoms with van der Waals surface area (Å²) in [6, 6.07) is 8.18. The lowest BCUT2D eigenvalue weighted by atomic mass is 10.0. The van der Waals surface area contributed by atoms with Gasteiger partial charge in [0.25, 0.3) is 0 Å². The van der Waals surface area contributed by atoms with Gasteiger partial charge in [0.1, 0.15) is 5.75 Å². The predicted octanol–water partition coefficient (Wildman–Crippen LogP) is 2.40. The van der Waals surface area contributed by atoms with Gasteiger partial charge in [-0.05, 0) is 6.07 Å². The third-order valence-corrected chi connectivity index (χ3v) is 3.83. The predicted molar refractivity (Wildman–Crippen MR) is 100 cm³/mol. The Morgan fingerprint density at radius 2 is 2.33 bits per heavy atom. The lowest BCUT2D eigenvalue weighted by molar-refractivity contribution is 0.262. The molecule has 1 unspecified atom stereocenters. The number of thioether (sulfide) groups is 1. The quantitative estimate of drug-likeness (QED) is 0.254. The van der Waals surface area contributed by atoms with Gasteiger partial charge in [0.05, 0.1) is 24.9 Å². The summed E-state index contributed by atoms with van der Waals surface area (Å²) in [6.45, 7) is 1.37. The van der Waals surface area contributed by atoms with Crippen molar-refractivity contribution in [3.63, 3.8) is 0 Å². The first-order valence-corrected chi connectivity index (χ1v) is 7.76. The Hall–Kier alpha value is -1.07. The summed E-state index contributed by atoms with van der Waals surface area (Å²) >= 11 is 1.68. The number of nitrogens with zero attached hydrogens (tertiary/aromatic N) is 1. The van der Waals surface area contributed by atoms with Crippen LogP contribution in [0, 0.1) is 12.3 Å². The van der Waals surface area contributed by atoms with Crippen molar-refractivity contribution in [1.29, 1.82) is 0 Å². The number of terminal acetylenes is 1. The first-order chi connectivity index (χ1) is 9.81. The van der Waals surface area contributed by atoms with E-state index in [-0.39, 0.29) is 30.0 Å². The van der Waals surface area contributed by atoms with Gasteiger partial charge in [0, 0.05) is 17.7 Å². The Bertz CT molecular complexity index is 516. The maximum Gasteiger partial charge on any atom is 0.189 e. The molecule has 21 heavy (non-hydrogen) atoms. The minimum absolute atomic E-state index is 0. The number of rotatable bonds is 5. The van der Waals surface area contributed by atoms with Crippen LogP contribution >= 0.6 is 35.7 Å². The minimum atomic E-state index is 0. The number of hydrogen-bond donors (Lipinski definition) is 2. The van der Waals surface area contributed by atoms with Crippen molar-refractivity contribution in [2.45, 2.75) is 12.5 Å². The molecule has 1 aliphatic rings. The number of guanidine groups is 1. The van der Waals surface area contributed by atoms with Crippen LogP contribution in [0.25, 0.3) is 0 Å². The molecule has 6 heteroatoms. The molecular formula is C15H20IN3OS. The van der Waals surface area contributed by atoms with E-state index in [4.69, 9.17) is 16.9 Å². The molecule has 0 aliphatic carbocycles. The van der Waals surface area contributed by atoms with E-state index in [0.717, 1.165) is 29.2 Å². The number of para-hydroxylation sites is 1. The average molecular weight is 417 g/mol. The van der Waals surface area contributed by atoms with Gasteiger partial charge in [-0.15, -0.1) is 42.2 Å². The highest BCUT2D eigenvalue weighted by Gasteiger charge is 2.20. The number of ether oxygens (including phenoxy) is 1. The van der Waals surface area contributed by atoms with Crippen LogP contribution in [0.3, 0.4) is 0 Å². The lowest BCUT2D eigenvalue weighted by Gasteiger charge is -2.26. The molecule has 0 spiro atoms. The molecular weight excluding hydrogens is 397 g/mol. The van der Waals surface area contributed by atoms with E-state index in [0.29, 0.717) is 19.1 Å². The zero-order valence-corrected chi connectivity index (χ0v) is 14.9. The molecule has 0 fully saturated rings. The summed E-state index contributed by atoms with van der Waals surface area (Å²) in [4.78, 5) is 4.32. The molecule has 0 aromatic heterocycles. The van der Waals surface area contributed by atoms with E-state index < -0.39 is 0 Å². The van der Waals surface area contributed by atoms with Crippen molar-refractivity contribution in [3.8, 4) is 18.1 Å². The molecule has 1 atom stereocenters. The van der Waals surface area contributed by atoms with Crippen LogP contribution in [0.4, 0.5) is 0 Å². The van der Waals surface area contributed by atoms with Crippen LogP contribution in [0.2, 0.25) is 0 Å². The molecule has 0 bridgehead atoms. The Balaban J connectivity index is 0.00000220. The summed E-state index contributed by atoms with van der Waals surface area (Å²) < 4.78 is 5.62. The van der Waals surface area contributed by atoms with Gasteiger partial charge >= 0.3 is 0 Å². The molecule has 3 N–H and O–H groups in total. The van der Waals surface area contributed by atoms with Gasteiger partial charge in [-0.3, -0.25) is 4.99 Å². The van der Waals surface area contributed by atoms with Gasteiger partial charge in [-0.25, -0.2) is 0 Å². The molecule has 0 amide bonds. The number of halogens is 1. The molecule has 2 rings (SSSR count). The number of fused-ring (bicyclic) bond motifs is 1. The van der Waals surface area contributed by atoms with E-state index in [1.54, 1.807) is 11.8 Å².